The van der Waals surface area contributed by atoms with Crippen molar-refractivity contribution in [3.8, 4) is 0 Å². The number of amides is 2. The number of hydrogen-bond donors (Lipinski definition) is 2. The summed E-state index contributed by atoms with van der Waals surface area (Å²) >= 11 is 0. The largest absolute Gasteiger partial charge is 0.366 e. The van der Waals surface area contributed by atoms with Gasteiger partial charge in [0.2, 0.25) is 11.8 Å². The van der Waals surface area contributed by atoms with Gasteiger partial charge in [0.25, 0.3) is 10.0 Å². The van der Waals surface area contributed by atoms with E-state index in [1.54, 1.807) is 17.0 Å². The summed E-state index contributed by atoms with van der Waals surface area (Å²) in [6.07, 6.45) is 1.56. The molecule has 8 heteroatoms. The molecule has 3 N–H and O–H groups in total. The summed E-state index contributed by atoms with van der Waals surface area (Å²) in [7, 11) is -3.83. The Hall–Kier alpha value is -2.87. The van der Waals surface area contributed by atoms with Crippen LogP contribution in [0, 0.1) is 0 Å². The number of benzene rings is 2. The van der Waals surface area contributed by atoms with Crippen molar-refractivity contribution in [2.24, 2.45) is 5.73 Å². The average molecular weight is 385 g/mol. The van der Waals surface area contributed by atoms with Gasteiger partial charge in [0.1, 0.15) is 0 Å². The molecule has 140 valence electrons. The van der Waals surface area contributed by atoms with Crippen molar-refractivity contribution in [1.29, 1.82) is 0 Å². The molecule has 2 aliphatic rings. The quantitative estimate of drug-likeness (QED) is 0.838. The van der Waals surface area contributed by atoms with E-state index in [4.69, 9.17) is 5.73 Å². The number of anilines is 2. The maximum atomic E-state index is 12.9. The Kier molecular flexibility index (Phi) is 3.96. The van der Waals surface area contributed by atoms with Gasteiger partial charge in [-0.15, -0.1) is 0 Å². The highest BCUT2D eigenvalue weighted by Crippen LogP contribution is 2.44. The number of carbonyl (C=O) groups excluding carboxylic acids is 2. The third-order valence-electron chi connectivity index (χ3n) is 5.12. The van der Waals surface area contributed by atoms with Gasteiger partial charge >= 0.3 is 0 Å². The maximum Gasteiger partial charge on any atom is 0.261 e. The molecule has 2 aromatic carbocycles. The van der Waals surface area contributed by atoms with Crippen molar-refractivity contribution in [1.82, 2.24) is 0 Å². The Balaban J connectivity index is 1.71. The highest BCUT2D eigenvalue weighted by atomic mass is 32.2. The molecule has 27 heavy (non-hydrogen) atoms. The van der Waals surface area contributed by atoms with Crippen LogP contribution in [0.1, 0.15) is 40.7 Å². The van der Waals surface area contributed by atoms with Gasteiger partial charge in [0.05, 0.1) is 16.5 Å². The van der Waals surface area contributed by atoms with Gasteiger partial charge in [-0.3, -0.25) is 14.3 Å². The summed E-state index contributed by atoms with van der Waals surface area (Å²) in [5, 5.41) is 0. The van der Waals surface area contributed by atoms with Gasteiger partial charge in [-0.05, 0) is 67.3 Å². The third kappa shape index (κ3) is 2.86. The molecular weight excluding hydrogens is 366 g/mol. The van der Waals surface area contributed by atoms with Gasteiger partial charge in [-0.1, -0.05) is 0 Å². The molecule has 0 saturated carbocycles. The lowest BCUT2D eigenvalue weighted by molar-refractivity contribution is -0.119. The van der Waals surface area contributed by atoms with E-state index < -0.39 is 15.9 Å². The van der Waals surface area contributed by atoms with E-state index in [0.29, 0.717) is 17.8 Å². The van der Waals surface area contributed by atoms with Crippen LogP contribution in [0.5, 0.6) is 0 Å². The molecule has 0 radical (unpaired) electrons. The first-order valence-corrected chi connectivity index (χ1v) is 10.2. The normalized spacial score (nSPS) is 18.3. The number of sulfonamides is 1. The van der Waals surface area contributed by atoms with Crippen molar-refractivity contribution < 1.29 is 18.0 Å². The second kappa shape index (κ2) is 6.09. The number of primary amides is 1. The molecular formula is C19H19N3O4S. The molecule has 0 spiro atoms. The maximum absolute atomic E-state index is 12.9. The minimum atomic E-state index is -3.83. The van der Waals surface area contributed by atoms with Gasteiger partial charge in [-0.25, -0.2) is 8.42 Å². The van der Waals surface area contributed by atoms with Gasteiger partial charge in [-0.2, -0.15) is 0 Å². The minimum Gasteiger partial charge on any atom is -0.366 e. The lowest BCUT2D eigenvalue weighted by atomic mass is 9.97. The zero-order valence-corrected chi connectivity index (χ0v) is 15.5. The fraction of sp³-hybridized carbons (Fsp3) is 0.263. The summed E-state index contributed by atoms with van der Waals surface area (Å²) in [5.74, 6) is -0.900. The average Bonchev–Trinajstić information content (AvgIpc) is 2.88. The van der Waals surface area contributed by atoms with Gasteiger partial charge in [0, 0.05) is 17.8 Å². The smallest absolute Gasteiger partial charge is 0.261 e. The molecule has 0 saturated heterocycles. The molecule has 0 unspecified atom stereocenters. The van der Waals surface area contributed by atoms with E-state index >= 15 is 0 Å². The molecule has 2 aromatic rings. The monoisotopic (exact) mass is 385 g/mol. The number of carbonyl (C=O) groups is 2. The summed E-state index contributed by atoms with van der Waals surface area (Å²) in [4.78, 5) is 25.5. The second-order valence-electron chi connectivity index (χ2n) is 6.88. The van der Waals surface area contributed by atoms with E-state index in [1.807, 2.05) is 6.92 Å². The molecule has 0 bridgehead atoms. The second-order valence-corrected chi connectivity index (χ2v) is 8.56. The summed E-state index contributed by atoms with van der Waals surface area (Å²) in [5.41, 5.74) is 8.36. The van der Waals surface area contributed by atoms with Crippen LogP contribution in [0.4, 0.5) is 11.4 Å². The molecule has 2 aliphatic heterocycles. The van der Waals surface area contributed by atoms with E-state index in [2.05, 4.69) is 4.72 Å². The van der Waals surface area contributed by atoms with Crippen LogP contribution in [0.15, 0.2) is 41.3 Å². The van der Waals surface area contributed by atoms with Crippen LogP contribution < -0.4 is 15.4 Å². The number of rotatable bonds is 4. The predicted octanol–water partition coefficient (Wildman–Crippen LogP) is 1.98. The summed E-state index contributed by atoms with van der Waals surface area (Å²) < 4.78 is 28.3. The van der Waals surface area contributed by atoms with Crippen molar-refractivity contribution in [3.05, 3.63) is 53.1 Å². The lowest BCUT2D eigenvalue weighted by Crippen LogP contribution is -2.32. The lowest BCUT2D eigenvalue weighted by Gasteiger charge is -2.26. The number of aryl methyl sites for hydroxylation is 1. The number of hydrogen-bond acceptors (Lipinski definition) is 4. The standard InChI is InChI=1S/C19H19N3O4S/c1-11-16-10-15(9-13-3-2-8-22(17(13)16)19(11)24)27(25,26)21-14-6-4-12(5-7-14)18(20)23/h4-7,9-11,21H,2-3,8H2,1H3,(H2,20,23)/t11-/m1/s1. The van der Waals surface area contributed by atoms with Crippen molar-refractivity contribution in [2.75, 3.05) is 16.2 Å². The molecule has 2 amide bonds. The number of nitrogens with one attached hydrogen (secondary N) is 1. The summed E-state index contributed by atoms with van der Waals surface area (Å²) in [6, 6.07) is 9.14. The van der Waals surface area contributed by atoms with E-state index in [-0.39, 0.29) is 16.7 Å². The molecule has 7 nitrogen and oxygen atoms in total. The van der Waals surface area contributed by atoms with E-state index in [1.165, 1.54) is 24.3 Å². The number of nitrogens with two attached hydrogens (primary N) is 1. The number of nitrogens with zero attached hydrogens (tertiary/aromatic N) is 1. The first-order chi connectivity index (χ1) is 12.8. The topological polar surface area (TPSA) is 110 Å². The predicted molar refractivity (Wildman–Crippen MR) is 101 cm³/mol. The Morgan fingerprint density at radius 3 is 2.59 bits per heavy atom. The van der Waals surface area contributed by atoms with Crippen molar-refractivity contribution in [2.45, 2.75) is 30.6 Å². The van der Waals surface area contributed by atoms with Crippen molar-refractivity contribution >= 4 is 33.2 Å². The first-order valence-electron chi connectivity index (χ1n) is 8.69. The van der Waals surface area contributed by atoms with Crippen LogP contribution in [-0.4, -0.2) is 26.8 Å². The molecule has 0 aromatic heterocycles. The van der Waals surface area contributed by atoms with Crippen LogP contribution in [0.2, 0.25) is 0 Å². The van der Waals surface area contributed by atoms with Gasteiger partial charge < -0.3 is 10.6 Å². The SMILES string of the molecule is C[C@H]1C(=O)N2CCCc3cc(S(=O)(=O)Nc4ccc(C(N)=O)cc4)cc1c32. The molecule has 1 atom stereocenters. The Morgan fingerprint density at radius 2 is 1.93 bits per heavy atom. The molecule has 0 aliphatic carbocycles. The van der Waals surface area contributed by atoms with E-state index in [9.17, 15) is 18.0 Å². The van der Waals surface area contributed by atoms with Crippen LogP contribution in [0.3, 0.4) is 0 Å². The zero-order valence-electron chi connectivity index (χ0n) is 14.7. The highest BCUT2D eigenvalue weighted by Gasteiger charge is 2.38. The third-order valence-corrected chi connectivity index (χ3v) is 6.49. The fourth-order valence-corrected chi connectivity index (χ4v) is 4.88. The zero-order chi connectivity index (χ0) is 19.3. The van der Waals surface area contributed by atoms with E-state index in [0.717, 1.165) is 29.7 Å². The molecule has 2 heterocycles. The summed E-state index contributed by atoms with van der Waals surface area (Å²) in [6.45, 7) is 2.49. The molecule has 0 fully saturated rings. The van der Waals surface area contributed by atoms with Crippen LogP contribution in [0.25, 0.3) is 0 Å². The minimum absolute atomic E-state index is 0.0236. The van der Waals surface area contributed by atoms with Crippen LogP contribution >= 0.6 is 0 Å². The highest BCUT2D eigenvalue weighted by molar-refractivity contribution is 7.92. The Bertz CT molecular complexity index is 1060. The van der Waals surface area contributed by atoms with Crippen molar-refractivity contribution in [3.63, 3.8) is 0 Å². The first kappa shape index (κ1) is 17.5. The Labute approximate surface area is 157 Å². The van der Waals surface area contributed by atoms with Gasteiger partial charge in [0.15, 0.2) is 0 Å². The fourth-order valence-electron chi connectivity index (χ4n) is 3.74. The molecule has 4 rings (SSSR count). The van der Waals surface area contributed by atoms with Crippen LogP contribution in [-0.2, 0) is 21.2 Å². The Morgan fingerprint density at radius 1 is 1.22 bits per heavy atom.